The zero-order valence-electron chi connectivity index (χ0n) is 15.7. The molecule has 0 fully saturated rings. The molecule has 0 saturated heterocycles. The molecular weight excluding hydrogens is 380 g/mol. The highest BCUT2D eigenvalue weighted by Gasteiger charge is 2.28. The third-order valence-electron chi connectivity index (χ3n) is 4.71. The second-order valence-corrected chi connectivity index (χ2v) is 6.67. The number of non-ortho nitro benzene ring substituents is 1. The third-order valence-corrected chi connectivity index (χ3v) is 4.71. The molecule has 0 atom stereocenters. The van der Waals surface area contributed by atoms with Crippen molar-refractivity contribution in [2.24, 2.45) is 5.10 Å². The number of benzene rings is 3. The van der Waals surface area contributed by atoms with Gasteiger partial charge >= 0.3 is 0 Å². The summed E-state index contributed by atoms with van der Waals surface area (Å²) in [5, 5.41) is 20.3. The van der Waals surface area contributed by atoms with Crippen LogP contribution in [-0.4, -0.2) is 15.7 Å². The number of pyridine rings is 1. The maximum Gasteiger partial charge on any atom is 0.270 e. The molecule has 30 heavy (non-hydrogen) atoms. The monoisotopic (exact) mass is 396 g/mol. The molecule has 3 aromatic carbocycles. The van der Waals surface area contributed by atoms with Crippen LogP contribution in [0.5, 0.6) is 0 Å². The molecule has 1 N–H and O–H groups in total. The van der Waals surface area contributed by atoms with E-state index in [-0.39, 0.29) is 5.69 Å². The molecule has 0 aliphatic carbocycles. The van der Waals surface area contributed by atoms with Crippen molar-refractivity contribution in [2.75, 3.05) is 10.2 Å². The number of nitro groups is 1. The summed E-state index contributed by atoms with van der Waals surface area (Å²) < 4.78 is 0. The molecule has 146 valence electrons. The summed E-state index contributed by atoms with van der Waals surface area (Å²) >= 11 is 0. The first kappa shape index (κ1) is 17.6. The number of hydrazine groups is 2. The number of nitro benzene ring substituents is 1. The second kappa shape index (κ2) is 7.17. The number of hydrazone groups is 1. The van der Waals surface area contributed by atoms with Crippen molar-refractivity contribution in [3.63, 3.8) is 0 Å². The van der Waals surface area contributed by atoms with Gasteiger partial charge in [0.2, 0.25) is 0 Å². The van der Waals surface area contributed by atoms with E-state index in [1.54, 1.807) is 22.4 Å². The molecule has 0 radical (unpaired) electrons. The molecule has 0 unspecified atom stereocenters. The van der Waals surface area contributed by atoms with Crippen molar-refractivity contribution in [3.8, 4) is 0 Å². The van der Waals surface area contributed by atoms with Gasteiger partial charge in [-0.1, -0.05) is 48.5 Å². The normalized spacial score (nSPS) is 13.3. The molecular formula is C22H16N6O2. The van der Waals surface area contributed by atoms with Crippen LogP contribution in [0.15, 0.2) is 96.1 Å². The van der Waals surface area contributed by atoms with Crippen molar-refractivity contribution in [1.82, 2.24) is 10.4 Å². The van der Waals surface area contributed by atoms with Crippen molar-refractivity contribution >= 4 is 33.9 Å². The van der Waals surface area contributed by atoms with Gasteiger partial charge in [-0.25, -0.2) is 4.98 Å². The maximum atomic E-state index is 11.2. The Morgan fingerprint density at radius 1 is 0.867 bits per heavy atom. The summed E-state index contributed by atoms with van der Waals surface area (Å²) in [5.74, 6) is 1.12. The van der Waals surface area contributed by atoms with Gasteiger partial charge in [0.25, 0.3) is 5.69 Å². The Hall–Kier alpha value is -4.46. The van der Waals surface area contributed by atoms with Crippen molar-refractivity contribution < 1.29 is 4.92 Å². The molecule has 2 heterocycles. The molecule has 1 aromatic heterocycles. The van der Waals surface area contributed by atoms with E-state index in [1.165, 1.54) is 12.1 Å². The first-order valence-electron chi connectivity index (χ1n) is 9.30. The summed E-state index contributed by atoms with van der Waals surface area (Å²) in [6.07, 6.45) is 0. The van der Waals surface area contributed by atoms with Crippen LogP contribution >= 0.6 is 0 Å². The van der Waals surface area contributed by atoms with Gasteiger partial charge in [-0.05, 0) is 30.3 Å². The van der Waals surface area contributed by atoms with E-state index in [0.29, 0.717) is 17.2 Å². The summed E-state index contributed by atoms with van der Waals surface area (Å²) in [6, 6.07) is 27.7. The molecule has 1 aliphatic rings. The minimum atomic E-state index is -0.420. The minimum absolute atomic E-state index is 0.00513. The lowest BCUT2D eigenvalue weighted by molar-refractivity contribution is -0.384. The minimum Gasteiger partial charge on any atom is -0.258 e. The van der Waals surface area contributed by atoms with Crippen LogP contribution < -0.4 is 15.7 Å². The number of para-hydroxylation sites is 2. The topological polar surface area (TPSA) is 86.9 Å². The number of amidine groups is 1. The maximum absolute atomic E-state index is 11.2. The average Bonchev–Trinajstić information content (AvgIpc) is 3.25. The molecule has 0 amide bonds. The van der Waals surface area contributed by atoms with Gasteiger partial charge in [-0.3, -0.25) is 15.5 Å². The summed E-state index contributed by atoms with van der Waals surface area (Å²) in [5.41, 5.74) is 5.51. The summed E-state index contributed by atoms with van der Waals surface area (Å²) in [4.78, 5) is 15.5. The Labute approximate surface area is 171 Å². The van der Waals surface area contributed by atoms with Gasteiger partial charge in [0.05, 0.1) is 16.1 Å². The van der Waals surface area contributed by atoms with Crippen LogP contribution in [0.4, 0.5) is 17.2 Å². The zero-order chi connectivity index (χ0) is 20.5. The standard InChI is InChI=1S/C22H16N6O2/c29-28(30)19-11-6-8-17(15-19)22-24-26(18-9-2-1-3-10-18)27(25-22)21-14-13-16-7-4-5-12-20(16)23-21/h1-15H,(H,24,25). The van der Waals surface area contributed by atoms with Crippen LogP contribution in [-0.2, 0) is 0 Å². The molecule has 8 nitrogen and oxygen atoms in total. The van der Waals surface area contributed by atoms with Crippen molar-refractivity contribution in [1.29, 1.82) is 0 Å². The molecule has 5 rings (SSSR count). The zero-order valence-corrected chi connectivity index (χ0v) is 15.7. The number of aromatic nitrogens is 1. The smallest absolute Gasteiger partial charge is 0.258 e. The first-order chi connectivity index (χ1) is 14.7. The molecule has 4 aromatic rings. The van der Waals surface area contributed by atoms with Gasteiger partial charge < -0.3 is 0 Å². The Kier molecular flexibility index (Phi) is 4.21. The van der Waals surface area contributed by atoms with Gasteiger partial charge in [0.15, 0.2) is 11.7 Å². The Bertz CT molecular complexity index is 1270. The molecule has 0 saturated carbocycles. The van der Waals surface area contributed by atoms with Gasteiger partial charge in [0, 0.05) is 23.1 Å². The lowest BCUT2D eigenvalue weighted by Crippen LogP contribution is -2.45. The van der Waals surface area contributed by atoms with E-state index < -0.39 is 4.92 Å². The highest BCUT2D eigenvalue weighted by Crippen LogP contribution is 2.26. The predicted octanol–water partition coefficient (Wildman–Crippen LogP) is 4.25. The number of fused-ring (bicyclic) bond motifs is 1. The number of hydrogen-bond acceptors (Lipinski definition) is 7. The van der Waals surface area contributed by atoms with Crippen LogP contribution in [0.1, 0.15) is 5.56 Å². The molecule has 0 bridgehead atoms. The first-order valence-corrected chi connectivity index (χ1v) is 9.30. The quantitative estimate of drug-likeness (QED) is 0.410. The molecule has 8 heteroatoms. The van der Waals surface area contributed by atoms with E-state index in [1.807, 2.05) is 66.7 Å². The van der Waals surface area contributed by atoms with E-state index in [9.17, 15) is 10.1 Å². The highest BCUT2D eigenvalue weighted by molar-refractivity contribution is 6.02. The van der Waals surface area contributed by atoms with E-state index >= 15 is 0 Å². The summed E-state index contributed by atoms with van der Waals surface area (Å²) in [7, 11) is 0. The van der Waals surface area contributed by atoms with E-state index in [2.05, 4.69) is 10.5 Å². The molecule has 0 spiro atoms. The largest absolute Gasteiger partial charge is 0.270 e. The fraction of sp³-hybridized carbons (Fsp3) is 0. The fourth-order valence-corrected chi connectivity index (χ4v) is 3.26. The third kappa shape index (κ3) is 3.16. The average molecular weight is 396 g/mol. The number of anilines is 2. The van der Waals surface area contributed by atoms with Crippen LogP contribution in [0.25, 0.3) is 10.9 Å². The Balaban J connectivity index is 1.58. The van der Waals surface area contributed by atoms with Crippen LogP contribution in [0, 0.1) is 10.1 Å². The number of hydrogen-bond donors (Lipinski definition) is 1. The van der Waals surface area contributed by atoms with E-state index in [4.69, 9.17) is 4.98 Å². The van der Waals surface area contributed by atoms with Gasteiger partial charge in [0.1, 0.15) is 0 Å². The number of rotatable bonds is 4. The van der Waals surface area contributed by atoms with Gasteiger partial charge in [-0.2, -0.15) is 5.12 Å². The number of nitrogens with one attached hydrogen (secondary N) is 1. The van der Waals surface area contributed by atoms with Crippen LogP contribution in [0.2, 0.25) is 0 Å². The lowest BCUT2D eigenvalue weighted by atomic mass is 10.2. The Morgan fingerprint density at radius 2 is 1.67 bits per heavy atom. The highest BCUT2D eigenvalue weighted by atomic mass is 16.6. The van der Waals surface area contributed by atoms with Crippen LogP contribution in [0.3, 0.4) is 0 Å². The predicted molar refractivity (Wildman–Crippen MR) is 116 cm³/mol. The van der Waals surface area contributed by atoms with E-state index in [0.717, 1.165) is 16.6 Å². The van der Waals surface area contributed by atoms with Crippen molar-refractivity contribution in [3.05, 3.63) is 107 Å². The summed E-state index contributed by atoms with van der Waals surface area (Å²) in [6.45, 7) is 0. The number of nitrogens with zero attached hydrogens (tertiary/aromatic N) is 5. The fourth-order valence-electron chi connectivity index (χ4n) is 3.26. The second-order valence-electron chi connectivity index (χ2n) is 6.67. The SMILES string of the molecule is O=[N+]([O-])c1cccc(C2=NN(c3ccccc3)N(c3ccc4ccccc4n3)N2)c1. The Morgan fingerprint density at radius 3 is 2.50 bits per heavy atom. The molecule has 1 aliphatic heterocycles. The van der Waals surface area contributed by atoms with Gasteiger partial charge in [-0.15, -0.1) is 10.2 Å². The lowest BCUT2D eigenvalue weighted by Gasteiger charge is -2.27. The van der Waals surface area contributed by atoms with Crippen molar-refractivity contribution in [2.45, 2.75) is 0 Å².